The molecule has 0 unspecified atom stereocenters. The van der Waals surface area contributed by atoms with Crippen molar-refractivity contribution in [2.24, 2.45) is 0 Å². The van der Waals surface area contributed by atoms with Gasteiger partial charge in [0.05, 0.1) is 12.7 Å². The van der Waals surface area contributed by atoms with Crippen LogP contribution in [-0.4, -0.2) is 61.6 Å². The zero-order valence-corrected chi connectivity index (χ0v) is 16.4. The van der Waals surface area contributed by atoms with Gasteiger partial charge in [0.2, 0.25) is 15.9 Å². The number of hydrogen-bond acceptors (Lipinski definition) is 4. The molecule has 11 heteroatoms. The molecule has 0 aliphatic carbocycles. The Morgan fingerprint density at radius 2 is 1.74 bits per heavy atom. The molecule has 1 aliphatic rings. The van der Waals surface area contributed by atoms with E-state index in [9.17, 15) is 26.4 Å². The molecule has 0 radical (unpaired) electrons. The molecule has 154 valence electrons. The molecule has 0 spiro atoms. The van der Waals surface area contributed by atoms with E-state index in [-0.39, 0.29) is 50.7 Å². The molecule has 6 nitrogen and oxygen atoms in total. The number of piperidine rings is 1. The Hall–Kier alpha value is -1.52. The van der Waals surface area contributed by atoms with Gasteiger partial charge in [-0.2, -0.15) is 17.5 Å². The molecule has 2 N–H and O–H groups in total. The summed E-state index contributed by atoms with van der Waals surface area (Å²) in [4.78, 5) is 13.9. The molecule has 27 heavy (non-hydrogen) atoms. The van der Waals surface area contributed by atoms with Crippen LogP contribution in [0.1, 0.15) is 18.4 Å². The maximum absolute atomic E-state index is 12.7. The number of sulfonamides is 1. The van der Waals surface area contributed by atoms with Crippen LogP contribution in [0.25, 0.3) is 0 Å². The van der Waals surface area contributed by atoms with E-state index in [1.807, 2.05) is 0 Å². The van der Waals surface area contributed by atoms with Crippen molar-refractivity contribution < 1.29 is 26.4 Å². The van der Waals surface area contributed by atoms with Gasteiger partial charge in [0.1, 0.15) is 6.54 Å². The SMILES string of the molecule is CS(=O)(=O)N(CC(F)(F)F)C1CCN(C(=O)Cc2ccc(N)cc2)CC1.Cl. The van der Waals surface area contributed by atoms with Crippen LogP contribution in [0, 0.1) is 0 Å². The minimum atomic E-state index is -4.61. The fourth-order valence-corrected chi connectivity index (χ4v) is 4.15. The number of likely N-dealkylation sites (tertiary alicyclic amines) is 1. The smallest absolute Gasteiger partial charge is 0.399 e. The second-order valence-electron chi connectivity index (χ2n) is 6.45. The van der Waals surface area contributed by atoms with Gasteiger partial charge in [0.25, 0.3) is 0 Å². The largest absolute Gasteiger partial charge is 0.402 e. The molecule has 1 heterocycles. The van der Waals surface area contributed by atoms with Gasteiger partial charge in [-0.15, -0.1) is 12.4 Å². The highest BCUT2D eigenvalue weighted by atomic mass is 35.5. The van der Waals surface area contributed by atoms with Crippen LogP contribution >= 0.6 is 12.4 Å². The highest BCUT2D eigenvalue weighted by molar-refractivity contribution is 7.88. The number of hydrogen-bond donors (Lipinski definition) is 1. The summed E-state index contributed by atoms with van der Waals surface area (Å²) in [7, 11) is -3.99. The molecule has 1 fully saturated rings. The van der Waals surface area contributed by atoms with Gasteiger partial charge in [-0.1, -0.05) is 12.1 Å². The fourth-order valence-electron chi connectivity index (χ4n) is 3.02. The van der Waals surface area contributed by atoms with Gasteiger partial charge in [0.15, 0.2) is 0 Å². The lowest BCUT2D eigenvalue weighted by molar-refractivity contribution is -0.142. The van der Waals surface area contributed by atoms with E-state index >= 15 is 0 Å². The fraction of sp³-hybridized carbons (Fsp3) is 0.562. The standard InChI is InChI=1S/C16H22F3N3O3S.ClH/c1-26(24,25)22(11-16(17,18)19)14-6-8-21(9-7-14)15(23)10-12-2-4-13(20)5-3-12;/h2-5,14H,6-11,20H2,1H3;1H. The number of rotatable bonds is 5. The Bertz CT molecular complexity index is 734. The molecule has 1 aliphatic heterocycles. The third-order valence-corrected chi connectivity index (χ3v) is 5.60. The first-order valence-corrected chi connectivity index (χ1v) is 9.96. The molecular formula is C16H23ClF3N3O3S. The molecule has 1 aromatic carbocycles. The van der Waals surface area contributed by atoms with Gasteiger partial charge in [-0.3, -0.25) is 4.79 Å². The van der Waals surface area contributed by atoms with Crippen LogP contribution < -0.4 is 5.73 Å². The van der Waals surface area contributed by atoms with Gasteiger partial charge in [-0.25, -0.2) is 8.42 Å². The first kappa shape index (κ1) is 23.5. The molecule has 0 aromatic heterocycles. The van der Waals surface area contributed by atoms with Crippen LogP contribution in [0.3, 0.4) is 0 Å². The van der Waals surface area contributed by atoms with Crippen molar-refractivity contribution in [2.45, 2.75) is 31.5 Å². The van der Waals surface area contributed by atoms with Crippen molar-refractivity contribution in [1.29, 1.82) is 0 Å². The van der Waals surface area contributed by atoms with E-state index in [1.165, 1.54) is 0 Å². The van der Waals surface area contributed by atoms with Gasteiger partial charge >= 0.3 is 6.18 Å². The summed E-state index contributed by atoms with van der Waals surface area (Å²) in [6.45, 7) is -1.05. The van der Waals surface area contributed by atoms with Crippen molar-refractivity contribution in [3.05, 3.63) is 29.8 Å². The molecule has 1 amide bonds. The number of nitrogens with two attached hydrogens (primary N) is 1. The number of carbonyl (C=O) groups is 1. The highest BCUT2D eigenvalue weighted by Crippen LogP contribution is 2.25. The first-order valence-electron chi connectivity index (χ1n) is 8.11. The maximum Gasteiger partial charge on any atom is 0.402 e. The zero-order chi connectivity index (χ0) is 19.5. The predicted octanol–water partition coefficient (Wildman–Crippen LogP) is 2.05. The minimum Gasteiger partial charge on any atom is -0.399 e. The summed E-state index contributed by atoms with van der Waals surface area (Å²) in [5.74, 6) is -0.144. The number of halogens is 4. The summed E-state index contributed by atoms with van der Waals surface area (Å²) in [6, 6.07) is 6.11. The Kier molecular flexibility index (Phi) is 7.94. The number of nitrogen functional groups attached to an aromatic ring is 1. The monoisotopic (exact) mass is 429 g/mol. The van der Waals surface area contributed by atoms with E-state index in [1.54, 1.807) is 29.2 Å². The molecule has 0 atom stereocenters. The average Bonchev–Trinajstić information content (AvgIpc) is 2.53. The maximum atomic E-state index is 12.7. The lowest BCUT2D eigenvalue weighted by atomic mass is 10.0. The molecule has 1 aromatic rings. The van der Waals surface area contributed by atoms with E-state index in [0.29, 0.717) is 9.99 Å². The second kappa shape index (κ2) is 9.11. The van der Waals surface area contributed by atoms with Crippen LogP contribution in [-0.2, 0) is 21.2 Å². The number of alkyl halides is 3. The average molecular weight is 430 g/mol. The number of carbonyl (C=O) groups excluding carboxylic acids is 1. The molecule has 0 saturated carbocycles. The summed E-state index contributed by atoms with van der Waals surface area (Å²) in [5.41, 5.74) is 6.98. The number of benzene rings is 1. The lowest BCUT2D eigenvalue weighted by Gasteiger charge is -2.37. The van der Waals surface area contributed by atoms with Crippen LogP contribution in [0.15, 0.2) is 24.3 Å². The van der Waals surface area contributed by atoms with Crippen molar-refractivity contribution in [2.75, 3.05) is 31.6 Å². The normalized spacial score (nSPS) is 16.3. The quantitative estimate of drug-likeness (QED) is 0.726. The third-order valence-electron chi connectivity index (χ3n) is 4.32. The summed E-state index contributed by atoms with van der Waals surface area (Å²) >= 11 is 0. The van der Waals surface area contributed by atoms with Crippen molar-refractivity contribution >= 4 is 34.0 Å². The van der Waals surface area contributed by atoms with Crippen molar-refractivity contribution in [3.63, 3.8) is 0 Å². The zero-order valence-electron chi connectivity index (χ0n) is 14.8. The number of nitrogens with zero attached hydrogens (tertiary/aromatic N) is 2. The van der Waals surface area contributed by atoms with E-state index < -0.39 is 28.8 Å². The van der Waals surface area contributed by atoms with Crippen molar-refractivity contribution in [1.82, 2.24) is 9.21 Å². The summed E-state index contributed by atoms with van der Waals surface area (Å²) in [6.07, 6.45) is -3.31. The first-order chi connectivity index (χ1) is 12.0. The van der Waals surface area contributed by atoms with Gasteiger partial charge < -0.3 is 10.6 Å². The van der Waals surface area contributed by atoms with E-state index in [2.05, 4.69) is 0 Å². The van der Waals surface area contributed by atoms with Crippen LogP contribution in [0.2, 0.25) is 0 Å². The molecule has 0 bridgehead atoms. The van der Waals surface area contributed by atoms with Crippen LogP contribution in [0.4, 0.5) is 18.9 Å². The van der Waals surface area contributed by atoms with Gasteiger partial charge in [0, 0.05) is 24.8 Å². The summed E-state index contributed by atoms with van der Waals surface area (Å²) in [5, 5.41) is 0. The lowest BCUT2D eigenvalue weighted by Crippen LogP contribution is -2.51. The second-order valence-corrected chi connectivity index (χ2v) is 8.39. The molecule has 2 rings (SSSR count). The summed E-state index contributed by atoms with van der Waals surface area (Å²) < 4.78 is 62.0. The Morgan fingerprint density at radius 3 is 2.19 bits per heavy atom. The Balaban J connectivity index is 0.00000364. The topological polar surface area (TPSA) is 83.7 Å². The van der Waals surface area contributed by atoms with Crippen LogP contribution in [0.5, 0.6) is 0 Å². The van der Waals surface area contributed by atoms with E-state index in [0.717, 1.165) is 11.8 Å². The highest BCUT2D eigenvalue weighted by Gasteiger charge is 2.39. The van der Waals surface area contributed by atoms with Gasteiger partial charge in [-0.05, 0) is 30.5 Å². The molecular weight excluding hydrogens is 407 g/mol. The van der Waals surface area contributed by atoms with Crippen molar-refractivity contribution in [3.8, 4) is 0 Å². The Labute approximate surface area is 163 Å². The third kappa shape index (κ3) is 7.19. The molecule has 1 saturated heterocycles. The Morgan fingerprint density at radius 1 is 1.22 bits per heavy atom. The number of anilines is 1. The minimum absolute atomic E-state index is 0. The number of amides is 1. The van der Waals surface area contributed by atoms with E-state index in [4.69, 9.17) is 5.73 Å². The predicted molar refractivity (Wildman–Crippen MR) is 99.0 cm³/mol.